The van der Waals surface area contributed by atoms with Gasteiger partial charge in [0.05, 0.1) is 16.6 Å². The summed E-state index contributed by atoms with van der Waals surface area (Å²) in [6, 6.07) is 12.1. The zero-order valence-electron chi connectivity index (χ0n) is 19.8. The minimum Gasteiger partial charge on any atom is -0.353 e. The van der Waals surface area contributed by atoms with Gasteiger partial charge in [-0.1, -0.05) is 28.1 Å². The first-order valence-corrected chi connectivity index (χ1v) is 12.3. The minimum absolute atomic E-state index is 0.0825. The van der Waals surface area contributed by atoms with Gasteiger partial charge in [0, 0.05) is 36.8 Å². The molecule has 0 bridgehead atoms. The minimum atomic E-state index is -4.41. The molecule has 0 saturated carbocycles. The number of hydrogen-bond acceptors (Lipinski definition) is 6. The number of likely N-dealkylation sites (N-methyl/N-ethyl adjacent to an activating group) is 1. The molecule has 2 aromatic heterocycles. The molecule has 4 aromatic rings. The van der Waals surface area contributed by atoms with Crippen molar-refractivity contribution in [2.75, 3.05) is 31.6 Å². The Balaban J connectivity index is 1.34. The Labute approximate surface area is 219 Å². The summed E-state index contributed by atoms with van der Waals surface area (Å²) in [7, 11) is 1.92. The average Bonchev–Trinajstić information content (AvgIpc) is 3.33. The SMILES string of the molecule is CN1CCN(c2ncnc3nn(-c4ccc(C(F)(F)F)cc4)cc23)C[C@H]1C(=O)NCc1ccc(Br)cc1. The van der Waals surface area contributed by atoms with E-state index in [1.54, 1.807) is 6.20 Å². The average molecular weight is 574 g/mol. The number of carbonyl (C=O) groups excluding carboxylic acids is 1. The quantitative estimate of drug-likeness (QED) is 0.388. The van der Waals surface area contributed by atoms with E-state index in [0.717, 1.165) is 22.2 Å². The van der Waals surface area contributed by atoms with Crippen molar-refractivity contribution in [1.29, 1.82) is 0 Å². The maximum absolute atomic E-state index is 13.1. The van der Waals surface area contributed by atoms with Crippen molar-refractivity contribution in [3.05, 3.63) is 76.7 Å². The molecule has 1 fully saturated rings. The molecular weight excluding hydrogens is 551 g/mol. The Morgan fingerprint density at radius 2 is 1.81 bits per heavy atom. The normalized spacial score (nSPS) is 16.8. The standard InChI is InChI=1S/C25H23BrF3N7O/c1-34-10-11-35(14-21(34)24(37)30-12-16-2-6-18(26)7-3-16)23-20-13-36(33-22(20)31-15-32-23)19-8-4-17(5-9-19)25(27,28)29/h2-9,13,15,21H,10-12,14H2,1H3,(H,30,37)/t21-/m0/s1. The van der Waals surface area contributed by atoms with Crippen molar-refractivity contribution in [2.45, 2.75) is 18.8 Å². The van der Waals surface area contributed by atoms with Crippen molar-refractivity contribution >= 4 is 38.7 Å². The van der Waals surface area contributed by atoms with Crippen LogP contribution in [-0.2, 0) is 17.5 Å². The van der Waals surface area contributed by atoms with Gasteiger partial charge in [0.25, 0.3) is 0 Å². The highest BCUT2D eigenvalue weighted by Crippen LogP contribution is 2.30. The second kappa shape index (κ2) is 10.1. The predicted molar refractivity (Wildman–Crippen MR) is 136 cm³/mol. The molecule has 1 aliphatic rings. The lowest BCUT2D eigenvalue weighted by Gasteiger charge is -2.39. The Hall–Kier alpha value is -3.51. The number of nitrogens with zero attached hydrogens (tertiary/aromatic N) is 6. The highest BCUT2D eigenvalue weighted by molar-refractivity contribution is 9.10. The third kappa shape index (κ3) is 5.44. The topological polar surface area (TPSA) is 79.2 Å². The first-order valence-electron chi connectivity index (χ1n) is 11.5. The smallest absolute Gasteiger partial charge is 0.353 e. The Kier molecular flexibility index (Phi) is 6.86. The number of benzene rings is 2. The molecule has 3 heterocycles. The summed E-state index contributed by atoms with van der Waals surface area (Å²) in [5.41, 5.74) is 1.16. The number of piperazine rings is 1. The number of alkyl halides is 3. The Morgan fingerprint density at radius 1 is 1.08 bits per heavy atom. The van der Waals surface area contributed by atoms with Gasteiger partial charge in [0.15, 0.2) is 5.65 Å². The molecule has 1 amide bonds. The molecule has 12 heteroatoms. The lowest BCUT2D eigenvalue weighted by Crippen LogP contribution is -2.57. The van der Waals surface area contributed by atoms with E-state index in [-0.39, 0.29) is 11.9 Å². The number of anilines is 1. The summed E-state index contributed by atoms with van der Waals surface area (Å²) in [6.45, 7) is 2.13. The van der Waals surface area contributed by atoms with Crippen LogP contribution in [0.25, 0.3) is 16.7 Å². The lowest BCUT2D eigenvalue weighted by atomic mass is 10.1. The monoisotopic (exact) mass is 573 g/mol. The van der Waals surface area contributed by atoms with Crippen molar-refractivity contribution < 1.29 is 18.0 Å². The second-order valence-electron chi connectivity index (χ2n) is 8.84. The van der Waals surface area contributed by atoms with Crippen LogP contribution < -0.4 is 10.2 Å². The summed E-state index contributed by atoms with van der Waals surface area (Å²) in [5.74, 6) is 0.544. The summed E-state index contributed by atoms with van der Waals surface area (Å²) >= 11 is 3.41. The second-order valence-corrected chi connectivity index (χ2v) is 9.76. The van der Waals surface area contributed by atoms with E-state index in [4.69, 9.17) is 0 Å². The summed E-state index contributed by atoms with van der Waals surface area (Å²) < 4.78 is 41.3. The number of aromatic nitrogens is 4. The van der Waals surface area contributed by atoms with Gasteiger partial charge < -0.3 is 10.2 Å². The Bertz CT molecular complexity index is 1410. The molecule has 1 saturated heterocycles. The highest BCUT2D eigenvalue weighted by atomic mass is 79.9. The summed E-state index contributed by atoms with van der Waals surface area (Å²) in [6.07, 6.45) is -1.30. The fraction of sp³-hybridized carbons (Fsp3) is 0.280. The van der Waals surface area contributed by atoms with Crippen molar-refractivity contribution in [3.8, 4) is 5.69 Å². The molecule has 8 nitrogen and oxygen atoms in total. The molecule has 0 spiro atoms. The number of fused-ring (bicyclic) bond motifs is 1. The van der Waals surface area contributed by atoms with Crippen LogP contribution in [0.4, 0.5) is 19.0 Å². The summed E-state index contributed by atoms with van der Waals surface area (Å²) in [5, 5.41) is 8.10. The van der Waals surface area contributed by atoms with E-state index >= 15 is 0 Å². The molecule has 1 N–H and O–H groups in total. The van der Waals surface area contributed by atoms with Crippen LogP contribution in [0.1, 0.15) is 11.1 Å². The van der Waals surface area contributed by atoms with Crippen molar-refractivity contribution in [2.24, 2.45) is 0 Å². The van der Waals surface area contributed by atoms with Gasteiger partial charge in [-0.25, -0.2) is 14.6 Å². The number of hydrogen-bond donors (Lipinski definition) is 1. The molecule has 5 rings (SSSR count). The third-order valence-corrected chi connectivity index (χ3v) is 6.91. The maximum Gasteiger partial charge on any atom is 0.416 e. The molecule has 0 radical (unpaired) electrons. The molecular formula is C25H23BrF3N7O. The number of halogens is 4. The van der Waals surface area contributed by atoms with Gasteiger partial charge in [-0.05, 0) is 49.0 Å². The summed E-state index contributed by atoms with van der Waals surface area (Å²) in [4.78, 5) is 25.8. The van der Waals surface area contributed by atoms with Crippen LogP contribution in [0.3, 0.4) is 0 Å². The van der Waals surface area contributed by atoms with Crippen LogP contribution in [0.15, 0.2) is 65.5 Å². The van der Waals surface area contributed by atoms with E-state index in [1.807, 2.05) is 41.1 Å². The first-order chi connectivity index (χ1) is 17.7. The molecule has 192 valence electrons. The van der Waals surface area contributed by atoms with Gasteiger partial charge >= 0.3 is 6.18 Å². The predicted octanol–water partition coefficient (Wildman–Crippen LogP) is 4.03. The molecule has 37 heavy (non-hydrogen) atoms. The molecule has 0 unspecified atom stereocenters. The number of rotatable bonds is 5. The van der Waals surface area contributed by atoms with Crippen LogP contribution in [0, 0.1) is 0 Å². The van der Waals surface area contributed by atoms with E-state index in [9.17, 15) is 18.0 Å². The van der Waals surface area contributed by atoms with Crippen LogP contribution in [-0.4, -0.2) is 63.3 Å². The number of amides is 1. The molecule has 2 aromatic carbocycles. The van der Waals surface area contributed by atoms with E-state index in [2.05, 4.69) is 36.3 Å². The van der Waals surface area contributed by atoms with Crippen molar-refractivity contribution in [1.82, 2.24) is 30.0 Å². The van der Waals surface area contributed by atoms with Gasteiger partial charge in [0.2, 0.25) is 5.91 Å². The van der Waals surface area contributed by atoms with E-state index in [0.29, 0.717) is 48.7 Å². The Morgan fingerprint density at radius 3 is 2.51 bits per heavy atom. The maximum atomic E-state index is 13.1. The van der Waals surface area contributed by atoms with Crippen LogP contribution in [0.2, 0.25) is 0 Å². The molecule has 1 atom stereocenters. The fourth-order valence-corrected chi connectivity index (χ4v) is 4.54. The zero-order valence-corrected chi connectivity index (χ0v) is 21.4. The lowest BCUT2D eigenvalue weighted by molar-refractivity contribution is -0.137. The van der Waals surface area contributed by atoms with Gasteiger partial charge in [-0.3, -0.25) is 9.69 Å². The van der Waals surface area contributed by atoms with Crippen molar-refractivity contribution in [3.63, 3.8) is 0 Å². The van der Waals surface area contributed by atoms with Gasteiger partial charge in [-0.2, -0.15) is 13.2 Å². The highest BCUT2D eigenvalue weighted by Gasteiger charge is 2.32. The third-order valence-electron chi connectivity index (χ3n) is 6.39. The van der Waals surface area contributed by atoms with Crippen LogP contribution >= 0.6 is 15.9 Å². The fourth-order valence-electron chi connectivity index (χ4n) is 4.27. The molecule has 1 aliphatic heterocycles. The van der Waals surface area contributed by atoms with E-state index in [1.165, 1.54) is 23.1 Å². The zero-order chi connectivity index (χ0) is 26.2. The largest absolute Gasteiger partial charge is 0.416 e. The number of carbonyl (C=O) groups is 1. The van der Waals surface area contributed by atoms with Crippen LogP contribution in [0.5, 0.6) is 0 Å². The molecule has 0 aliphatic carbocycles. The van der Waals surface area contributed by atoms with E-state index < -0.39 is 11.7 Å². The first kappa shape index (κ1) is 25.2. The van der Waals surface area contributed by atoms with Gasteiger partial charge in [-0.15, -0.1) is 5.10 Å². The van der Waals surface area contributed by atoms with Gasteiger partial charge in [0.1, 0.15) is 18.2 Å². The number of nitrogens with one attached hydrogen (secondary N) is 1.